The number of nitrogens with one attached hydrogen (secondary N) is 1. The zero-order valence-corrected chi connectivity index (χ0v) is 11.1. The first-order valence-electron chi connectivity index (χ1n) is 5.96. The lowest BCUT2D eigenvalue weighted by atomic mass is 10.1. The third kappa shape index (κ3) is 4.79. The van der Waals surface area contributed by atoms with Crippen LogP contribution in [0.3, 0.4) is 0 Å². The van der Waals surface area contributed by atoms with Gasteiger partial charge >= 0.3 is 0 Å². The predicted molar refractivity (Wildman–Crippen MR) is 70.6 cm³/mol. The summed E-state index contributed by atoms with van der Waals surface area (Å²) in [6.45, 7) is 5.33. The minimum Gasteiger partial charge on any atom is -0.368 e. The van der Waals surface area contributed by atoms with Crippen LogP contribution >= 0.6 is 0 Å². The fraction of sp³-hybridized carbons (Fsp3) is 0.286. The number of amides is 2. The van der Waals surface area contributed by atoms with Gasteiger partial charge < -0.3 is 11.1 Å². The molecule has 0 heterocycles. The average Bonchev–Trinajstić information content (AvgIpc) is 2.31. The highest BCUT2D eigenvalue weighted by Gasteiger charge is 2.19. The Morgan fingerprint density at radius 2 is 2.05 bits per heavy atom. The summed E-state index contributed by atoms with van der Waals surface area (Å²) in [5.74, 6) is -2.79. The Kier molecular flexibility index (Phi) is 5.37. The van der Waals surface area contributed by atoms with E-state index < -0.39 is 29.5 Å². The van der Waals surface area contributed by atoms with Crippen LogP contribution in [0, 0.1) is 11.6 Å². The molecular weight excluding hydrogens is 266 g/mol. The molecule has 6 heteroatoms. The van der Waals surface area contributed by atoms with Crippen LogP contribution in [0.5, 0.6) is 0 Å². The Balaban J connectivity index is 2.70. The van der Waals surface area contributed by atoms with Gasteiger partial charge in [-0.15, -0.1) is 6.58 Å². The summed E-state index contributed by atoms with van der Waals surface area (Å²) in [5.41, 5.74) is 5.88. The van der Waals surface area contributed by atoms with Crippen molar-refractivity contribution in [2.45, 2.75) is 25.8 Å². The Hall–Kier alpha value is -2.24. The van der Waals surface area contributed by atoms with E-state index in [4.69, 9.17) is 5.73 Å². The van der Waals surface area contributed by atoms with Crippen molar-refractivity contribution in [1.82, 2.24) is 5.32 Å². The third-order valence-corrected chi connectivity index (χ3v) is 2.60. The summed E-state index contributed by atoms with van der Waals surface area (Å²) in [6, 6.07) is 2.05. The maximum Gasteiger partial charge on any atom is 0.240 e. The molecule has 0 fully saturated rings. The van der Waals surface area contributed by atoms with E-state index in [0.29, 0.717) is 11.6 Å². The van der Waals surface area contributed by atoms with E-state index in [2.05, 4.69) is 11.9 Å². The average molecular weight is 282 g/mol. The Morgan fingerprint density at radius 3 is 2.55 bits per heavy atom. The van der Waals surface area contributed by atoms with E-state index in [1.54, 1.807) is 6.92 Å². The molecule has 0 radical (unpaired) electrons. The zero-order chi connectivity index (χ0) is 15.3. The van der Waals surface area contributed by atoms with E-state index in [9.17, 15) is 18.4 Å². The van der Waals surface area contributed by atoms with Gasteiger partial charge in [0.05, 0.1) is 6.42 Å². The molecule has 0 aliphatic heterocycles. The topological polar surface area (TPSA) is 72.2 Å². The molecule has 108 valence electrons. The second-order valence-electron chi connectivity index (χ2n) is 4.60. The van der Waals surface area contributed by atoms with Crippen molar-refractivity contribution in [1.29, 1.82) is 0 Å². The van der Waals surface area contributed by atoms with E-state index in [-0.39, 0.29) is 18.4 Å². The zero-order valence-electron chi connectivity index (χ0n) is 11.1. The Bertz CT molecular complexity index is 544. The normalized spacial score (nSPS) is 11.8. The van der Waals surface area contributed by atoms with Crippen molar-refractivity contribution in [2.75, 3.05) is 0 Å². The van der Waals surface area contributed by atoms with Crippen molar-refractivity contribution >= 4 is 11.8 Å². The molecule has 0 bridgehead atoms. The van der Waals surface area contributed by atoms with Crippen molar-refractivity contribution in [3.8, 4) is 0 Å². The summed E-state index contributed by atoms with van der Waals surface area (Å²) in [7, 11) is 0. The monoisotopic (exact) mass is 282 g/mol. The maximum atomic E-state index is 13.4. The van der Waals surface area contributed by atoms with Gasteiger partial charge in [-0.2, -0.15) is 0 Å². The van der Waals surface area contributed by atoms with Crippen LogP contribution in [0.25, 0.3) is 0 Å². The lowest BCUT2D eigenvalue weighted by Gasteiger charge is -2.15. The van der Waals surface area contributed by atoms with Crippen LogP contribution in [0.4, 0.5) is 8.78 Å². The van der Waals surface area contributed by atoms with Crippen LogP contribution in [0.15, 0.2) is 30.4 Å². The number of hydrogen-bond acceptors (Lipinski definition) is 2. The second kappa shape index (κ2) is 6.79. The molecule has 1 aromatic rings. The van der Waals surface area contributed by atoms with Gasteiger partial charge in [0, 0.05) is 6.07 Å². The molecule has 0 aliphatic rings. The first kappa shape index (κ1) is 15.8. The number of nitrogens with two attached hydrogens (primary N) is 1. The van der Waals surface area contributed by atoms with E-state index in [1.165, 1.54) is 6.07 Å². The molecule has 0 spiro atoms. The molecule has 20 heavy (non-hydrogen) atoms. The summed E-state index contributed by atoms with van der Waals surface area (Å²) in [6.07, 6.45) is -0.0843. The van der Waals surface area contributed by atoms with Crippen LogP contribution in [0.1, 0.15) is 18.9 Å². The fourth-order valence-corrected chi connectivity index (χ4v) is 1.65. The van der Waals surface area contributed by atoms with Gasteiger partial charge in [0.1, 0.15) is 17.7 Å². The summed E-state index contributed by atoms with van der Waals surface area (Å²) < 4.78 is 26.1. The SMILES string of the molecule is C=C(C)C[C@@H](NC(=O)Cc1ccc(F)cc1F)C(N)=O. The molecule has 0 saturated heterocycles. The first-order valence-corrected chi connectivity index (χ1v) is 5.96. The number of primary amides is 1. The molecule has 2 amide bonds. The van der Waals surface area contributed by atoms with Gasteiger partial charge in [0.25, 0.3) is 0 Å². The highest BCUT2D eigenvalue weighted by Crippen LogP contribution is 2.10. The molecular formula is C14H16F2N2O2. The number of halogens is 2. The highest BCUT2D eigenvalue weighted by atomic mass is 19.1. The summed E-state index contributed by atoms with van der Waals surface area (Å²) in [4.78, 5) is 22.9. The minimum atomic E-state index is -0.886. The molecule has 3 N–H and O–H groups in total. The summed E-state index contributed by atoms with van der Waals surface area (Å²) >= 11 is 0. The molecule has 0 unspecified atom stereocenters. The second-order valence-corrected chi connectivity index (χ2v) is 4.60. The molecule has 4 nitrogen and oxygen atoms in total. The molecule has 1 aromatic carbocycles. The Morgan fingerprint density at radius 1 is 1.40 bits per heavy atom. The van der Waals surface area contributed by atoms with Crippen LogP contribution in [0.2, 0.25) is 0 Å². The number of hydrogen-bond donors (Lipinski definition) is 2. The number of benzene rings is 1. The lowest BCUT2D eigenvalue weighted by molar-refractivity contribution is -0.127. The molecule has 1 rings (SSSR count). The van der Waals surface area contributed by atoms with Gasteiger partial charge in [0.2, 0.25) is 11.8 Å². The summed E-state index contributed by atoms with van der Waals surface area (Å²) in [5, 5.41) is 2.40. The number of carbonyl (C=O) groups excluding carboxylic acids is 2. The maximum absolute atomic E-state index is 13.4. The molecule has 0 aromatic heterocycles. The van der Waals surface area contributed by atoms with Gasteiger partial charge in [0.15, 0.2) is 0 Å². The first-order chi connectivity index (χ1) is 9.29. The van der Waals surface area contributed by atoms with E-state index in [0.717, 1.165) is 6.07 Å². The standard InChI is InChI=1S/C14H16F2N2O2/c1-8(2)5-12(14(17)20)18-13(19)6-9-3-4-10(15)7-11(9)16/h3-4,7,12H,1,5-6H2,2H3,(H2,17,20)(H,18,19)/t12-/m1/s1. The minimum absolute atomic E-state index is 0.0439. The van der Waals surface area contributed by atoms with Gasteiger partial charge in [-0.05, 0) is 25.0 Å². The van der Waals surface area contributed by atoms with Gasteiger partial charge in [-0.1, -0.05) is 11.6 Å². The van der Waals surface area contributed by atoms with Gasteiger partial charge in [-0.25, -0.2) is 8.78 Å². The van der Waals surface area contributed by atoms with Crippen LogP contribution < -0.4 is 11.1 Å². The van der Waals surface area contributed by atoms with Crippen LogP contribution in [-0.4, -0.2) is 17.9 Å². The van der Waals surface area contributed by atoms with Crippen molar-refractivity contribution in [3.63, 3.8) is 0 Å². The fourth-order valence-electron chi connectivity index (χ4n) is 1.65. The molecule has 0 saturated carbocycles. The van der Waals surface area contributed by atoms with E-state index >= 15 is 0 Å². The van der Waals surface area contributed by atoms with Crippen LogP contribution in [-0.2, 0) is 16.0 Å². The quantitative estimate of drug-likeness (QED) is 0.775. The molecule has 1 atom stereocenters. The Labute approximate surface area is 115 Å². The third-order valence-electron chi connectivity index (χ3n) is 2.60. The highest BCUT2D eigenvalue weighted by molar-refractivity contribution is 5.87. The predicted octanol–water partition coefficient (Wildman–Crippen LogP) is 1.44. The van der Waals surface area contributed by atoms with Crippen molar-refractivity contribution in [3.05, 3.63) is 47.5 Å². The number of carbonyl (C=O) groups is 2. The largest absolute Gasteiger partial charge is 0.368 e. The van der Waals surface area contributed by atoms with Gasteiger partial charge in [-0.3, -0.25) is 9.59 Å². The number of rotatable bonds is 6. The van der Waals surface area contributed by atoms with E-state index in [1.807, 2.05) is 0 Å². The van der Waals surface area contributed by atoms with Crippen molar-refractivity contribution < 1.29 is 18.4 Å². The molecule has 0 aliphatic carbocycles. The van der Waals surface area contributed by atoms with Crippen molar-refractivity contribution in [2.24, 2.45) is 5.73 Å². The lowest BCUT2D eigenvalue weighted by Crippen LogP contribution is -2.45. The smallest absolute Gasteiger partial charge is 0.240 e.